The van der Waals surface area contributed by atoms with Crippen molar-refractivity contribution < 1.29 is 19.0 Å². The lowest BCUT2D eigenvalue weighted by Crippen LogP contribution is -2.44. The molecule has 0 aromatic heterocycles. The fraction of sp³-hybridized carbons (Fsp3) is 0.435. The van der Waals surface area contributed by atoms with Crippen LogP contribution < -0.4 is 25.0 Å². The van der Waals surface area contributed by atoms with Crippen LogP contribution in [0.25, 0.3) is 0 Å². The minimum absolute atomic E-state index is 0.0996. The van der Waals surface area contributed by atoms with Crippen molar-refractivity contribution in [2.24, 2.45) is 0 Å². The van der Waals surface area contributed by atoms with Gasteiger partial charge in [-0.05, 0) is 35.7 Å². The highest BCUT2D eigenvalue weighted by Crippen LogP contribution is 2.34. The molecule has 8 heteroatoms. The molecule has 0 saturated carbocycles. The van der Waals surface area contributed by atoms with E-state index in [1.54, 1.807) is 12.1 Å². The van der Waals surface area contributed by atoms with Crippen molar-refractivity contribution in [1.82, 2.24) is 10.2 Å². The van der Waals surface area contributed by atoms with Gasteiger partial charge in [0, 0.05) is 50.7 Å². The molecule has 2 aromatic rings. The average molecular weight is 425 g/mol. The normalized spacial score (nSPS) is 18.5. The van der Waals surface area contributed by atoms with Gasteiger partial charge < -0.3 is 29.7 Å². The van der Waals surface area contributed by atoms with E-state index in [4.69, 9.17) is 14.2 Å². The highest BCUT2D eigenvalue weighted by Gasteiger charge is 2.25. The molecule has 0 aliphatic carbocycles. The minimum Gasteiger partial charge on any atom is -0.454 e. The molecule has 8 nitrogen and oxygen atoms in total. The number of urea groups is 1. The van der Waals surface area contributed by atoms with E-state index in [1.165, 1.54) is 16.8 Å². The quantitative estimate of drug-likeness (QED) is 0.769. The zero-order valence-corrected chi connectivity index (χ0v) is 17.7. The lowest BCUT2D eigenvalue weighted by atomic mass is 10.0. The van der Waals surface area contributed by atoms with Crippen molar-refractivity contribution in [2.75, 3.05) is 63.5 Å². The van der Waals surface area contributed by atoms with Crippen LogP contribution in [0.1, 0.15) is 17.2 Å². The summed E-state index contributed by atoms with van der Waals surface area (Å²) >= 11 is 0. The first-order chi connectivity index (χ1) is 15.2. The van der Waals surface area contributed by atoms with Gasteiger partial charge in [-0.3, -0.25) is 4.90 Å². The predicted molar refractivity (Wildman–Crippen MR) is 118 cm³/mol. The Hall–Kier alpha value is -2.97. The van der Waals surface area contributed by atoms with Gasteiger partial charge in [-0.2, -0.15) is 0 Å². The number of benzene rings is 2. The number of hydrogen-bond acceptors (Lipinski definition) is 6. The summed E-state index contributed by atoms with van der Waals surface area (Å²) in [5, 5.41) is 5.95. The van der Waals surface area contributed by atoms with Crippen LogP contribution in [-0.2, 0) is 11.2 Å². The maximum absolute atomic E-state index is 12.6. The molecule has 3 heterocycles. The topological polar surface area (TPSA) is 75.3 Å². The van der Waals surface area contributed by atoms with Crippen LogP contribution >= 0.6 is 0 Å². The smallest absolute Gasteiger partial charge is 0.319 e. The number of ether oxygens (including phenoxy) is 3. The van der Waals surface area contributed by atoms with Crippen LogP contribution in [0.3, 0.4) is 0 Å². The minimum atomic E-state index is -0.238. The van der Waals surface area contributed by atoms with Gasteiger partial charge in [-0.1, -0.05) is 12.1 Å². The van der Waals surface area contributed by atoms with E-state index >= 15 is 0 Å². The molecule has 5 rings (SSSR count). The number of carbonyl (C=O) groups excluding carboxylic acids is 1. The molecule has 1 saturated heterocycles. The highest BCUT2D eigenvalue weighted by molar-refractivity contribution is 5.89. The Morgan fingerprint density at radius 3 is 2.77 bits per heavy atom. The molecule has 2 N–H and O–H groups in total. The van der Waals surface area contributed by atoms with Crippen LogP contribution in [0.15, 0.2) is 36.4 Å². The number of rotatable bonds is 5. The number of anilines is 2. The van der Waals surface area contributed by atoms with Crippen molar-refractivity contribution in [3.05, 3.63) is 47.5 Å². The average Bonchev–Trinajstić information content (AvgIpc) is 3.41. The Labute approximate surface area is 182 Å². The van der Waals surface area contributed by atoms with E-state index in [-0.39, 0.29) is 18.9 Å². The summed E-state index contributed by atoms with van der Waals surface area (Å²) in [5.74, 6) is 1.34. The van der Waals surface area contributed by atoms with Crippen molar-refractivity contribution in [1.29, 1.82) is 0 Å². The number of fused-ring (bicyclic) bond motifs is 2. The Bertz CT molecular complexity index is 961. The lowest BCUT2D eigenvalue weighted by molar-refractivity contribution is 0.0168. The molecule has 164 valence electrons. The van der Waals surface area contributed by atoms with Crippen LogP contribution in [0.5, 0.6) is 11.5 Å². The van der Waals surface area contributed by atoms with E-state index in [1.807, 2.05) is 6.07 Å². The number of likely N-dealkylation sites (N-methyl/N-ethyl adjacent to an activating group) is 1. The lowest BCUT2D eigenvalue weighted by Gasteiger charge is -2.35. The summed E-state index contributed by atoms with van der Waals surface area (Å²) in [5.41, 5.74) is 4.59. The standard InChI is InChI=1S/C23H28N4O4/c1-26-7-6-17-12-16(2-4-19(17)26)20(27-8-10-29-11-9-27)14-24-23(28)25-18-3-5-21-22(13-18)31-15-30-21/h2-5,12-13,20H,6-11,14-15H2,1H3,(H2,24,25,28)/t20-/m1/s1. The van der Waals surface area contributed by atoms with Gasteiger partial charge in [-0.15, -0.1) is 0 Å². The molecule has 2 amide bonds. The summed E-state index contributed by atoms with van der Waals surface area (Å²) < 4.78 is 16.3. The second kappa shape index (κ2) is 8.64. The molecular weight excluding hydrogens is 396 g/mol. The Balaban J connectivity index is 1.28. The summed E-state index contributed by atoms with van der Waals surface area (Å²) in [4.78, 5) is 17.3. The molecule has 0 bridgehead atoms. The molecule has 3 aliphatic rings. The zero-order chi connectivity index (χ0) is 21.2. The van der Waals surface area contributed by atoms with E-state index in [0.29, 0.717) is 36.9 Å². The summed E-state index contributed by atoms with van der Waals surface area (Å²) in [7, 11) is 2.13. The van der Waals surface area contributed by atoms with Crippen molar-refractivity contribution in [2.45, 2.75) is 12.5 Å². The first-order valence-electron chi connectivity index (χ1n) is 10.8. The molecule has 1 fully saturated rings. The molecule has 0 radical (unpaired) electrons. The van der Waals surface area contributed by atoms with E-state index < -0.39 is 0 Å². The Morgan fingerprint density at radius 1 is 1.06 bits per heavy atom. The second-order valence-corrected chi connectivity index (χ2v) is 8.13. The van der Waals surface area contributed by atoms with Crippen LogP contribution in [0, 0.1) is 0 Å². The third kappa shape index (κ3) is 4.26. The van der Waals surface area contributed by atoms with Gasteiger partial charge in [-0.25, -0.2) is 4.79 Å². The number of nitrogens with one attached hydrogen (secondary N) is 2. The van der Waals surface area contributed by atoms with E-state index in [9.17, 15) is 4.79 Å². The van der Waals surface area contributed by atoms with Gasteiger partial charge in [0.15, 0.2) is 11.5 Å². The third-order valence-electron chi connectivity index (χ3n) is 6.19. The van der Waals surface area contributed by atoms with Crippen molar-refractivity contribution >= 4 is 17.4 Å². The van der Waals surface area contributed by atoms with Crippen molar-refractivity contribution in [3.63, 3.8) is 0 Å². The highest BCUT2D eigenvalue weighted by atomic mass is 16.7. The first-order valence-corrected chi connectivity index (χ1v) is 10.8. The molecule has 0 spiro atoms. The van der Waals surface area contributed by atoms with E-state index in [0.717, 1.165) is 26.1 Å². The van der Waals surface area contributed by atoms with Crippen LogP contribution in [0.2, 0.25) is 0 Å². The maximum Gasteiger partial charge on any atom is 0.319 e. The molecule has 1 atom stereocenters. The third-order valence-corrected chi connectivity index (χ3v) is 6.19. The van der Waals surface area contributed by atoms with Gasteiger partial charge in [0.05, 0.1) is 19.3 Å². The zero-order valence-electron chi connectivity index (χ0n) is 17.7. The van der Waals surface area contributed by atoms with Crippen LogP contribution in [0.4, 0.5) is 16.2 Å². The van der Waals surface area contributed by atoms with Gasteiger partial charge in [0.2, 0.25) is 6.79 Å². The van der Waals surface area contributed by atoms with Gasteiger partial charge >= 0.3 is 6.03 Å². The van der Waals surface area contributed by atoms with E-state index in [2.05, 4.69) is 45.7 Å². The summed E-state index contributed by atoms with van der Waals surface area (Å²) in [6.45, 7) is 4.92. The Kier molecular flexibility index (Phi) is 5.57. The molecule has 0 unspecified atom stereocenters. The molecular formula is C23H28N4O4. The molecule has 3 aliphatic heterocycles. The fourth-order valence-corrected chi connectivity index (χ4v) is 4.48. The summed E-state index contributed by atoms with van der Waals surface area (Å²) in [6, 6.07) is 11.9. The Morgan fingerprint density at radius 2 is 1.90 bits per heavy atom. The molecule has 2 aromatic carbocycles. The monoisotopic (exact) mass is 424 g/mol. The SMILES string of the molecule is CN1CCc2cc([C@@H](CNC(=O)Nc3ccc4c(c3)OCO4)N3CCOCC3)ccc21. The second-order valence-electron chi connectivity index (χ2n) is 8.13. The largest absolute Gasteiger partial charge is 0.454 e. The van der Waals surface area contributed by atoms with Crippen LogP contribution in [-0.4, -0.2) is 64.2 Å². The van der Waals surface area contributed by atoms with Gasteiger partial charge in [0.25, 0.3) is 0 Å². The number of morpholine rings is 1. The van der Waals surface area contributed by atoms with Gasteiger partial charge in [0.1, 0.15) is 0 Å². The summed E-state index contributed by atoms with van der Waals surface area (Å²) in [6.07, 6.45) is 1.06. The first kappa shape index (κ1) is 20.0. The molecule has 31 heavy (non-hydrogen) atoms. The predicted octanol–water partition coefficient (Wildman–Crippen LogP) is 2.60. The van der Waals surface area contributed by atoms with Crippen molar-refractivity contribution in [3.8, 4) is 11.5 Å². The number of nitrogens with zero attached hydrogens (tertiary/aromatic N) is 2. The number of hydrogen-bond donors (Lipinski definition) is 2. The number of carbonyl (C=O) groups is 1. The number of amides is 2. The maximum atomic E-state index is 12.6. The fourth-order valence-electron chi connectivity index (χ4n) is 4.48.